The third-order valence-electron chi connectivity index (χ3n) is 16.6. The summed E-state index contributed by atoms with van der Waals surface area (Å²) in [6, 6.07) is -0.629. The van der Waals surface area contributed by atoms with Crippen molar-refractivity contribution in [2.24, 2.45) is 0 Å². The average molecular weight is 1110 g/mol. The molecule has 3 N–H and O–H groups in total. The minimum Gasteiger partial charge on any atom is -0.466 e. The molecule has 0 radical (unpaired) electrons. The normalized spacial score (nSPS) is 12.7. The Hall–Kier alpha value is -1.92. The molecule has 0 aromatic rings. The number of ether oxygens (including phenoxy) is 1. The monoisotopic (exact) mass is 1110 g/mol. The second-order valence-electron chi connectivity index (χ2n) is 24.6. The lowest BCUT2D eigenvalue weighted by atomic mass is 10.0. The first kappa shape index (κ1) is 77.1. The largest absolute Gasteiger partial charge is 0.466 e. The molecule has 6 heteroatoms. The smallest absolute Gasteiger partial charge is 0.305 e. The molecular weight excluding hydrogens is 971 g/mol. The number of nitrogens with one attached hydrogen (secondary N) is 1. The molecule has 6 nitrogen and oxygen atoms in total. The van der Waals surface area contributed by atoms with Crippen LogP contribution in [0.15, 0.2) is 36.5 Å². The van der Waals surface area contributed by atoms with Crippen molar-refractivity contribution in [3.8, 4) is 0 Å². The molecule has 0 aliphatic carbocycles. The quantitative estimate of drug-likeness (QED) is 0.0320. The predicted octanol–water partition coefficient (Wildman–Crippen LogP) is 23.1. The predicted molar refractivity (Wildman–Crippen MR) is 347 cm³/mol. The molecule has 0 saturated heterocycles. The van der Waals surface area contributed by atoms with E-state index in [1.807, 2.05) is 6.08 Å². The van der Waals surface area contributed by atoms with Gasteiger partial charge in [0.25, 0.3) is 0 Å². The zero-order chi connectivity index (χ0) is 57.1. The zero-order valence-electron chi connectivity index (χ0n) is 53.4. The van der Waals surface area contributed by atoms with Gasteiger partial charge >= 0.3 is 5.97 Å². The van der Waals surface area contributed by atoms with Crippen LogP contribution in [0.5, 0.6) is 0 Å². The van der Waals surface area contributed by atoms with Gasteiger partial charge in [-0.3, -0.25) is 9.59 Å². The molecular formula is C73H139NO5. The fraction of sp³-hybridized carbons (Fsp3) is 0.890. The molecule has 466 valence electrons. The first-order valence-electron chi connectivity index (χ1n) is 35.8. The van der Waals surface area contributed by atoms with Crippen LogP contribution in [0.1, 0.15) is 393 Å². The lowest BCUT2D eigenvalue weighted by molar-refractivity contribution is -0.143. The van der Waals surface area contributed by atoms with E-state index < -0.39 is 12.1 Å². The highest BCUT2D eigenvalue weighted by Crippen LogP contribution is 2.18. The topological polar surface area (TPSA) is 95.9 Å². The maximum Gasteiger partial charge on any atom is 0.305 e. The first-order chi connectivity index (χ1) is 39.0. The molecule has 0 aliphatic rings. The number of carbonyl (C=O) groups is 2. The van der Waals surface area contributed by atoms with Gasteiger partial charge in [-0.2, -0.15) is 0 Å². The Kier molecular flexibility index (Phi) is 66.9. The van der Waals surface area contributed by atoms with Gasteiger partial charge in [0.2, 0.25) is 5.91 Å². The number of rotatable bonds is 67. The van der Waals surface area contributed by atoms with Crippen LogP contribution in [-0.4, -0.2) is 47.4 Å². The van der Waals surface area contributed by atoms with Gasteiger partial charge in [0.15, 0.2) is 0 Å². The molecule has 0 bridgehead atoms. The summed E-state index contributed by atoms with van der Waals surface area (Å²) in [5, 5.41) is 23.2. The van der Waals surface area contributed by atoms with Crippen molar-refractivity contribution < 1.29 is 24.5 Å². The third-order valence-corrected chi connectivity index (χ3v) is 16.6. The second kappa shape index (κ2) is 68.6. The van der Waals surface area contributed by atoms with Gasteiger partial charge in [-0.05, 0) is 83.5 Å². The van der Waals surface area contributed by atoms with Crippen LogP contribution in [0.4, 0.5) is 0 Å². The Bertz CT molecular complexity index is 1280. The third kappa shape index (κ3) is 65.1. The molecule has 0 aliphatic heterocycles. The van der Waals surface area contributed by atoms with E-state index >= 15 is 0 Å². The maximum absolute atomic E-state index is 12.5. The number of allylic oxidation sites excluding steroid dienone is 5. The summed E-state index contributed by atoms with van der Waals surface area (Å²) in [7, 11) is 0. The Morgan fingerprint density at radius 1 is 0.342 bits per heavy atom. The summed E-state index contributed by atoms with van der Waals surface area (Å²) in [5.74, 6) is -0.0567. The van der Waals surface area contributed by atoms with Gasteiger partial charge in [-0.1, -0.05) is 333 Å². The minimum absolute atomic E-state index is 0.00798. The zero-order valence-corrected chi connectivity index (χ0v) is 53.4. The molecule has 2 unspecified atom stereocenters. The average Bonchev–Trinajstić information content (AvgIpc) is 3.45. The minimum atomic E-state index is -0.845. The van der Waals surface area contributed by atoms with E-state index in [2.05, 4.69) is 43.5 Å². The fourth-order valence-electron chi connectivity index (χ4n) is 11.2. The van der Waals surface area contributed by atoms with E-state index in [0.29, 0.717) is 19.4 Å². The van der Waals surface area contributed by atoms with E-state index in [9.17, 15) is 19.8 Å². The Morgan fingerprint density at radius 3 is 0.899 bits per heavy atom. The van der Waals surface area contributed by atoms with Gasteiger partial charge in [-0.15, -0.1) is 0 Å². The van der Waals surface area contributed by atoms with Crippen molar-refractivity contribution in [1.82, 2.24) is 5.32 Å². The number of carbonyl (C=O) groups excluding carboxylic acids is 2. The lowest BCUT2D eigenvalue weighted by Gasteiger charge is -2.20. The van der Waals surface area contributed by atoms with Gasteiger partial charge < -0.3 is 20.3 Å². The number of unbranched alkanes of at least 4 members (excludes halogenated alkanes) is 52. The molecule has 0 fully saturated rings. The molecule has 79 heavy (non-hydrogen) atoms. The van der Waals surface area contributed by atoms with Crippen LogP contribution in [0.2, 0.25) is 0 Å². The number of hydrogen-bond donors (Lipinski definition) is 3. The van der Waals surface area contributed by atoms with Crippen molar-refractivity contribution in [2.75, 3.05) is 13.2 Å². The SMILES string of the molecule is CCCCCCCC/C=C\CCCCCCCC(=O)OCCCCCCCCCCCCCC/C=C\CCCCCCCCCCCCCCC(=O)NC(CO)C(O)/C=C/CCCCCCCCCCCCCCCCCCC. The highest BCUT2D eigenvalue weighted by atomic mass is 16.5. The maximum atomic E-state index is 12.5. The van der Waals surface area contributed by atoms with Crippen LogP contribution in [0.25, 0.3) is 0 Å². The molecule has 0 heterocycles. The summed E-state index contributed by atoms with van der Waals surface area (Å²) in [5.41, 5.74) is 0. The molecule has 0 rings (SSSR count). The number of esters is 1. The van der Waals surface area contributed by atoms with Crippen LogP contribution < -0.4 is 5.32 Å². The lowest BCUT2D eigenvalue weighted by Crippen LogP contribution is -2.45. The van der Waals surface area contributed by atoms with Crippen LogP contribution in [0, 0.1) is 0 Å². The summed E-state index contributed by atoms with van der Waals surface area (Å²) >= 11 is 0. The number of hydrogen-bond acceptors (Lipinski definition) is 5. The number of aliphatic hydroxyl groups excluding tert-OH is 2. The van der Waals surface area contributed by atoms with Crippen LogP contribution in [-0.2, 0) is 14.3 Å². The van der Waals surface area contributed by atoms with Crippen molar-refractivity contribution in [3.63, 3.8) is 0 Å². The highest BCUT2D eigenvalue weighted by Gasteiger charge is 2.18. The van der Waals surface area contributed by atoms with Gasteiger partial charge in [0, 0.05) is 12.8 Å². The summed E-state index contributed by atoms with van der Waals surface area (Å²) in [6.45, 7) is 4.93. The molecule has 2 atom stereocenters. The molecule has 0 saturated carbocycles. The van der Waals surface area contributed by atoms with Gasteiger partial charge in [0.1, 0.15) is 0 Å². The number of amides is 1. The van der Waals surface area contributed by atoms with E-state index in [-0.39, 0.29) is 18.5 Å². The molecule has 0 aromatic carbocycles. The van der Waals surface area contributed by atoms with Crippen molar-refractivity contribution in [3.05, 3.63) is 36.5 Å². The van der Waals surface area contributed by atoms with Gasteiger partial charge in [-0.25, -0.2) is 0 Å². The fourth-order valence-corrected chi connectivity index (χ4v) is 11.2. The van der Waals surface area contributed by atoms with Crippen LogP contribution in [0.3, 0.4) is 0 Å². The highest BCUT2D eigenvalue weighted by molar-refractivity contribution is 5.76. The van der Waals surface area contributed by atoms with E-state index in [1.54, 1.807) is 6.08 Å². The van der Waals surface area contributed by atoms with Crippen molar-refractivity contribution in [1.29, 1.82) is 0 Å². The van der Waals surface area contributed by atoms with Crippen LogP contribution >= 0.6 is 0 Å². The Labute approximate surface area is 494 Å². The molecule has 1 amide bonds. The number of aliphatic hydroxyl groups is 2. The second-order valence-corrected chi connectivity index (χ2v) is 24.6. The Morgan fingerprint density at radius 2 is 0.595 bits per heavy atom. The van der Waals surface area contributed by atoms with E-state index in [4.69, 9.17) is 4.74 Å². The summed E-state index contributed by atoms with van der Waals surface area (Å²) < 4.78 is 5.49. The Balaban J connectivity index is 3.40. The summed E-state index contributed by atoms with van der Waals surface area (Å²) in [4.78, 5) is 24.6. The van der Waals surface area contributed by atoms with Gasteiger partial charge in [0.05, 0.1) is 25.4 Å². The van der Waals surface area contributed by atoms with Crippen molar-refractivity contribution >= 4 is 11.9 Å². The van der Waals surface area contributed by atoms with E-state index in [0.717, 1.165) is 44.9 Å². The summed E-state index contributed by atoms with van der Waals surface area (Å²) in [6.07, 6.45) is 88.0. The van der Waals surface area contributed by atoms with Crippen molar-refractivity contribution in [2.45, 2.75) is 405 Å². The first-order valence-corrected chi connectivity index (χ1v) is 35.8. The molecule has 0 spiro atoms. The standard InChI is InChI=1S/C73H139NO5/c1-3-5-7-9-11-13-15-17-19-20-31-34-38-41-45-49-53-57-61-65-71(76)70(69-75)74-72(77)66-62-58-54-50-46-42-39-35-32-29-27-25-23-21-22-24-26-28-30-33-36-40-44-48-52-56-60-64-68-79-73(78)67-63-59-55-51-47-43-37-18-16-14-12-10-8-6-4-2/h18,21-22,37,61,65,70-71,75-76H,3-17,19-20,23-36,38-60,62-64,66-69H2,1-2H3,(H,74,77)/b22-21-,37-18-,65-61+. The van der Waals surface area contributed by atoms with E-state index in [1.165, 1.54) is 321 Å². The molecule has 0 aromatic heterocycles.